The van der Waals surface area contributed by atoms with Gasteiger partial charge in [-0.3, -0.25) is 4.79 Å². The van der Waals surface area contributed by atoms with E-state index in [4.69, 9.17) is 0 Å². The molecule has 0 aromatic heterocycles. The number of rotatable bonds is 4. The summed E-state index contributed by atoms with van der Waals surface area (Å²) < 4.78 is 1.07. The van der Waals surface area contributed by atoms with E-state index in [1.54, 1.807) is 11.8 Å². The third-order valence-corrected chi connectivity index (χ3v) is 4.78. The van der Waals surface area contributed by atoms with Crippen molar-refractivity contribution in [3.63, 3.8) is 0 Å². The summed E-state index contributed by atoms with van der Waals surface area (Å²) in [5, 5.41) is 3.12. The average molecular weight is 328 g/mol. The molecule has 98 valence electrons. The Bertz CT molecular complexity index is 407. The van der Waals surface area contributed by atoms with E-state index < -0.39 is 0 Å². The van der Waals surface area contributed by atoms with E-state index in [-0.39, 0.29) is 5.91 Å². The van der Waals surface area contributed by atoms with Gasteiger partial charge in [-0.2, -0.15) is 0 Å². The molecule has 0 heterocycles. The lowest BCUT2D eigenvalue weighted by Crippen LogP contribution is -2.34. The molecule has 1 aliphatic carbocycles. The molecule has 0 aliphatic heterocycles. The molecule has 1 aromatic carbocycles. The van der Waals surface area contributed by atoms with Gasteiger partial charge in [-0.15, -0.1) is 11.8 Å². The fourth-order valence-corrected chi connectivity index (χ4v) is 3.26. The normalized spacial score (nSPS) is 23.0. The number of hydrogen-bond acceptors (Lipinski definition) is 2. The molecule has 0 saturated heterocycles. The van der Waals surface area contributed by atoms with Crippen LogP contribution in [0.1, 0.15) is 26.2 Å². The molecule has 2 nitrogen and oxygen atoms in total. The van der Waals surface area contributed by atoms with E-state index in [1.165, 1.54) is 6.42 Å². The summed E-state index contributed by atoms with van der Waals surface area (Å²) >= 11 is 4.99. The Kier molecular flexibility index (Phi) is 5.13. The van der Waals surface area contributed by atoms with Crippen LogP contribution in [0.3, 0.4) is 0 Å². The van der Waals surface area contributed by atoms with Crippen LogP contribution >= 0.6 is 27.7 Å². The molecule has 1 aliphatic rings. The van der Waals surface area contributed by atoms with Gasteiger partial charge >= 0.3 is 0 Å². The predicted octanol–water partition coefficient (Wildman–Crippen LogP) is 3.85. The van der Waals surface area contributed by atoms with Crippen molar-refractivity contribution >= 4 is 33.6 Å². The van der Waals surface area contributed by atoms with Gasteiger partial charge in [-0.05, 0) is 49.4 Å². The molecule has 2 atom stereocenters. The molecule has 1 fully saturated rings. The molecule has 4 heteroatoms. The van der Waals surface area contributed by atoms with Crippen molar-refractivity contribution in [3.8, 4) is 0 Å². The van der Waals surface area contributed by atoms with E-state index >= 15 is 0 Å². The van der Waals surface area contributed by atoms with Crippen LogP contribution in [0.4, 0.5) is 0 Å². The maximum atomic E-state index is 11.8. The zero-order valence-electron chi connectivity index (χ0n) is 10.5. The van der Waals surface area contributed by atoms with E-state index in [2.05, 4.69) is 28.2 Å². The number of hydrogen-bond donors (Lipinski definition) is 1. The predicted molar refractivity (Wildman–Crippen MR) is 79.8 cm³/mol. The maximum absolute atomic E-state index is 11.8. The molecule has 1 aromatic rings. The highest BCUT2D eigenvalue weighted by atomic mass is 79.9. The molecule has 2 rings (SSSR count). The lowest BCUT2D eigenvalue weighted by molar-refractivity contribution is -0.119. The Hall–Kier alpha value is -0.480. The van der Waals surface area contributed by atoms with Crippen molar-refractivity contribution in [2.45, 2.75) is 37.1 Å². The van der Waals surface area contributed by atoms with Crippen LogP contribution in [-0.4, -0.2) is 17.7 Å². The quantitative estimate of drug-likeness (QED) is 0.851. The molecule has 0 radical (unpaired) electrons. The fraction of sp³-hybridized carbons (Fsp3) is 0.500. The summed E-state index contributed by atoms with van der Waals surface area (Å²) in [6, 6.07) is 8.45. The second-order valence-corrected chi connectivity index (χ2v) is 6.89. The van der Waals surface area contributed by atoms with Gasteiger partial charge in [-0.25, -0.2) is 0 Å². The van der Waals surface area contributed by atoms with E-state index in [1.807, 2.05) is 24.3 Å². The van der Waals surface area contributed by atoms with Crippen molar-refractivity contribution in [3.05, 3.63) is 28.7 Å². The van der Waals surface area contributed by atoms with Crippen LogP contribution in [0.2, 0.25) is 0 Å². The van der Waals surface area contributed by atoms with Gasteiger partial charge in [0.1, 0.15) is 0 Å². The third-order valence-electron chi connectivity index (χ3n) is 3.24. The first-order valence-electron chi connectivity index (χ1n) is 6.31. The summed E-state index contributed by atoms with van der Waals surface area (Å²) in [6.45, 7) is 2.25. The lowest BCUT2D eigenvalue weighted by atomic mass is 10.1. The van der Waals surface area contributed by atoms with Gasteiger partial charge in [0.25, 0.3) is 0 Å². The van der Waals surface area contributed by atoms with Crippen molar-refractivity contribution in [2.24, 2.45) is 5.92 Å². The number of carbonyl (C=O) groups is 1. The maximum Gasteiger partial charge on any atom is 0.230 e. The minimum absolute atomic E-state index is 0.155. The third kappa shape index (κ3) is 4.32. The molecular weight excluding hydrogens is 310 g/mol. The second-order valence-electron chi connectivity index (χ2n) is 4.93. The highest BCUT2D eigenvalue weighted by Gasteiger charge is 2.22. The SMILES string of the molecule is CC1CCC(NC(=O)CSc2ccc(Br)cc2)C1. The zero-order chi connectivity index (χ0) is 13.0. The molecule has 0 bridgehead atoms. The van der Waals surface area contributed by atoms with E-state index in [0.29, 0.717) is 11.8 Å². The van der Waals surface area contributed by atoms with E-state index in [9.17, 15) is 4.79 Å². The van der Waals surface area contributed by atoms with Crippen LogP contribution in [0.5, 0.6) is 0 Å². The zero-order valence-corrected chi connectivity index (χ0v) is 12.9. The number of thioether (sulfide) groups is 1. The standard InChI is InChI=1S/C14H18BrNOS/c1-10-2-5-12(8-10)16-14(17)9-18-13-6-3-11(15)4-7-13/h3-4,6-7,10,12H,2,5,8-9H2,1H3,(H,16,17). The van der Waals surface area contributed by atoms with Gasteiger partial charge in [0.2, 0.25) is 5.91 Å². The summed E-state index contributed by atoms with van der Waals surface area (Å²) in [7, 11) is 0. The second kappa shape index (κ2) is 6.62. The molecule has 1 amide bonds. The topological polar surface area (TPSA) is 29.1 Å². The smallest absolute Gasteiger partial charge is 0.230 e. The van der Waals surface area contributed by atoms with Gasteiger partial charge < -0.3 is 5.32 Å². The Morgan fingerprint density at radius 2 is 2.11 bits per heavy atom. The van der Waals surface area contributed by atoms with Crippen molar-refractivity contribution in [1.82, 2.24) is 5.32 Å². The highest BCUT2D eigenvalue weighted by Crippen LogP contribution is 2.25. The Labute approximate surface area is 121 Å². The number of nitrogens with one attached hydrogen (secondary N) is 1. The Morgan fingerprint density at radius 3 is 2.72 bits per heavy atom. The number of benzene rings is 1. The van der Waals surface area contributed by atoms with Crippen LogP contribution in [0, 0.1) is 5.92 Å². The first kappa shape index (κ1) is 13.9. The summed E-state index contributed by atoms with van der Waals surface area (Å²) in [4.78, 5) is 12.9. The van der Waals surface area contributed by atoms with Crippen LogP contribution < -0.4 is 5.32 Å². The number of carbonyl (C=O) groups excluding carboxylic acids is 1. The van der Waals surface area contributed by atoms with Crippen LogP contribution in [0.25, 0.3) is 0 Å². The molecular formula is C14H18BrNOS. The van der Waals surface area contributed by atoms with E-state index in [0.717, 1.165) is 28.1 Å². The van der Waals surface area contributed by atoms with Gasteiger partial charge in [0, 0.05) is 15.4 Å². The van der Waals surface area contributed by atoms with Crippen molar-refractivity contribution in [1.29, 1.82) is 0 Å². The molecule has 1 N–H and O–H groups in total. The van der Waals surface area contributed by atoms with Crippen LogP contribution in [-0.2, 0) is 4.79 Å². The fourth-order valence-electron chi connectivity index (χ4n) is 2.29. The van der Waals surface area contributed by atoms with Gasteiger partial charge in [-0.1, -0.05) is 22.9 Å². The Morgan fingerprint density at radius 1 is 1.39 bits per heavy atom. The molecule has 0 spiro atoms. The minimum atomic E-state index is 0.155. The molecule has 18 heavy (non-hydrogen) atoms. The summed E-state index contributed by atoms with van der Waals surface area (Å²) in [6.07, 6.45) is 3.51. The summed E-state index contributed by atoms with van der Waals surface area (Å²) in [5.74, 6) is 1.42. The number of amides is 1. The summed E-state index contributed by atoms with van der Waals surface area (Å²) in [5.41, 5.74) is 0. The average Bonchev–Trinajstić information content (AvgIpc) is 2.74. The molecule has 2 unspecified atom stereocenters. The first-order valence-corrected chi connectivity index (χ1v) is 8.09. The first-order chi connectivity index (χ1) is 8.63. The highest BCUT2D eigenvalue weighted by molar-refractivity contribution is 9.10. The van der Waals surface area contributed by atoms with Gasteiger partial charge in [0.15, 0.2) is 0 Å². The van der Waals surface area contributed by atoms with Crippen molar-refractivity contribution < 1.29 is 4.79 Å². The lowest BCUT2D eigenvalue weighted by Gasteiger charge is -2.12. The van der Waals surface area contributed by atoms with Crippen molar-refractivity contribution in [2.75, 3.05) is 5.75 Å². The monoisotopic (exact) mass is 327 g/mol. The number of halogens is 1. The Balaban J connectivity index is 1.73. The molecule has 1 saturated carbocycles. The largest absolute Gasteiger partial charge is 0.353 e. The van der Waals surface area contributed by atoms with Gasteiger partial charge in [0.05, 0.1) is 5.75 Å². The van der Waals surface area contributed by atoms with Crippen LogP contribution in [0.15, 0.2) is 33.6 Å². The minimum Gasteiger partial charge on any atom is -0.353 e.